The van der Waals surface area contributed by atoms with Crippen LogP contribution in [0.3, 0.4) is 0 Å². The van der Waals surface area contributed by atoms with Gasteiger partial charge in [-0.05, 0) is 63.6 Å². The van der Waals surface area contributed by atoms with Gasteiger partial charge in [-0.3, -0.25) is 4.79 Å². The van der Waals surface area contributed by atoms with Crippen LogP contribution < -0.4 is 5.32 Å². The summed E-state index contributed by atoms with van der Waals surface area (Å²) in [7, 11) is -3.56. The highest BCUT2D eigenvalue weighted by Gasteiger charge is 2.33. The molecule has 1 unspecified atom stereocenters. The van der Waals surface area contributed by atoms with Gasteiger partial charge in [0, 0.05) is 32.2 Å². The van der Waals surface area contributed by atoms with E-state index >= 15 is 0 Å². The molecule has 1 saturated heterocycles. The number of nitrogens with zero attached hydrogens (tertiary/aromatic N) is 1. The van der Waals surface area contributed by atoms with Crippen molar-refractivity contribution < 1.29 is 17.9 Å². The molecule has 1 fully saturated rings. The normalized spacial score (nSPS) is 16.5. The zero-order valence-electron chi connectivity index (χ0n) is 20.1. The molecule has 3 rings (SSSR count). The lowest BCUT2D eigenvalue weighted by Crippen LogP contribution is -2.43. The van der Waals surface area contributed by atoms with Crippen LogP contribution in [0.1, 0.15) is 54.5 Å². The number of nitrogens with one attached hydrogen (secondary N) is 1. The number of piperidine rings is 1. The van der Waals surface area contributed by atoms with Crippen LogP contribution in [0.15, 0.2) is 47.4 Å². The first-order valence-corrected chi connectivity index (χ1v) is 13.2. The fourth-order valence-corrected chi connectivity index (χ4v) is 6.45. The average Bonchev–Trinajstić information content (AvgIpc) is 2.78. The van der Waals surface area contributed by atoms with Crippen molar-refractivity contribution in [2.24, 2.45) is 5.92 Å². The predicted molar refractivity (Wildman–Crippen MR) is 131 cm³/mol. The molecule has 2 aromatic carbocycles. The van der Waals surface area contributed by atoms with E-state index in [0.29, 0.717) is 44.0 Å². The highest BCUT2D eigenvalue weighted by atomic mass is 32.2. The number of ether oxygens (including phenoxy) is 1. The number of hydrogen-bond acceptors (Lipinski definition) is 4. The highest BCUT2D eigenvalue weighted by Crippen LogP contribution is 2.28. The van der Waals surface area contributed by atoms with Crippen LogP contribution in [0.2, 0.25) is 0 Å². The Balaban J connectivity index is 1.43. The van der Waals surface area contributed by atoms with Gasteiger partial charge in [0.1, 0.15) is 0 Å². The van der Waals surface area contributed by atoms with Crippen LogP contribution in [-0.2, 0) is 19.6 Å². The van der Waals surface area contributed by atoms with Crippen molar-refractivity contribution in [2.45, 2.75) is 58.0 Å². The molecule has 0 bridgehead atoms. The van der Waals surface area contributed by atoms with Crippen molar-refractivity contribution in [3.05, 3.63) is 64.7 Å². The molecule has 0 saturated carbocycles. The van der Waals surface area contributed by atoms with Crippen LogP contribution in [0.25, 0.3) is 0 Å². The molecule has 0 radical (unpaired) electrons. The monoisotopic (exact) mass is 472 g/mol. The summed E-state index contributed by atoms with van der Waals surface area (Å²) in [6, 6.07) is 13.9. The highest BCUT2D eigenvalue weighted by molar-refractivity contribution is 7.89. The first kappa shape index (κ1) is 25.4. The third-order valence-electron chi connectivity index (χ3n) is 6.28. The van der Waals surface area contributed by atoms with E-state index in [1.807, 2.05) is 70.2 Å². The number of benzene rings is 2. The summed E-state index contributed by atoms with van der Waals surface area (Å²) in [4.78, 5) is 13.0. The number of carbonyl (C=O) groups is 1. The fourth-order valence-electron chi connectivity index (χ4n) is 4.57. The molecule has 180 valence electrons. The third-order valence-corrected chi connectivity index (χ3v) is 8.49. The summed E-state index contributed by atoms with van der Waals surface area (Å²) in [5.74, 6) is -0.147. The van der Waals surface area contributed by atoms with Crippen LogP contribution >= 0.6 is 0 Å². The summed E-state index contributed by atoms with van der Waals surface area (Å²) >= 11 is 0. The van der Waals surface area contributed by atoms with E-state index in [4.69, 9.17) is 4.74 Å². The number of amides is 1. The molecular weight excluding hydrogens is 436 g/mol. The lowest BCUT2D eigenvalue weighted by molar-refractivity contribution is -0.126. The summed E-state index contributed by atoms with van der Waals surface area (Å²) in [6.45, 7) is 9.54. The Morgan fingerprint density at radius 1 is 1.09 bits per heavy atom. The SMILES string of the molecule is Cc1cc(C)c(S(=O)(=O)N2CCC(C(=O)NCCCOC(C)c3ccccc3)CC2)c(C)c1. The number of hydrogen-bond donors (Lipinski definition) is 1. The summed E-state index contributed by atoms with van der Waals surface area (Å²) < 4.78 is 33.8. The minimum Gasteiger partial charge on any atom is -0.374 e. The molecule has 1 aliphatic heterocycles. The van der Waals surface area contributed by atoms with Gasteiger partial charge >= 0.3 is 0 Å². The molecule has 0 spiro atoms. The Hall–Kier alpha value is -2.22. The van der Waals surface area contributed by atoms with Gasteiger partial charge in [-0.25, -0.2) is 8.42 Å². The van der Waals surface area contributed by atoms with Crippen molar-refractivity contribution in [3.63, 3.8) is 0 Å². The van der Waals surface area contributed by atoms with Crippen molar-refractivity contribution >= 4 is 15.9 Å². The molecule has 33 heavy (non-hydrogen) atoms. The maximum atomic E-state index is 13.2. The number of carbonyl (C=O) groups excluding carboxylic acids is 1. The zero-order valence-corrected chi connectivity index (χ0v) is 21.0. The Kier molecular flexibility index (Phi) is 8.68. The topological polar surface area (TPSA) is 75.7 Å². The van der Waals surface area contributed by atoms with Gasteiger partial charge in [-0.15, -0.1) is 0 Å². The van der Waals surface area contributed by atoms with Gasteiger partial charge in [0.2, 0.25) is 15.9 Å². The van der Waals surface area contributed by atoms with Crippen molar-refractivity contribution in [2.75, 3.05) is 26.2 Å². The zero-order chi connectivity index (χ0) is 24.0. The molecule has 1 amide bonds. The average molecular weight is 473 g/mol. The second-order valence-corrected chi connectivity index (χ2v) is 10.8. The van der Waals surface area contributed by atoms with Crippen LogP contribution in [0.5, 0.6) is 0 Å². The van der Waals surface area contributed by atoms with Crippen molar-refractivity contribution in [3.8, 4) is 0 Å². The largest absolute Gasteiger partial charge is 0.374 e. The molecule has 1 aliphatic rings. The second-order valence-electron chi connectivity index (χ2n) is 8.97. The molecule has 6 nitrogen and oxygen atoms in total. The molecular formula is C26H36N2O4S. The number of sulfonamides is 1. The van der Waals surface area contributed by atoms with E-state index in [2.05, 4.69) is 5.32 Å². The summed E-state index contributed by atoms with van der Waals surface area (Å²) in [5.41, 5.74) is 3.74. The Bertz CT molecular complexity index is 1020. The van der Waals surface area contributed by atoms with Gasteiger partial charge in [-0.2, -0.15) is 4.31 Å². The molecule has 2 aromatic rings. The molecule has 1 heterocycles. The quantitative estimate of drug-likeness (QED) is 0.552. The minimum absolute atomic E-state index is 0.00542. The maximum absolute atomic E-state index is 13.2. The smallest absolute Gasteiger partial charge is 0.243 e. The van der Waals surface area contributed by atoms with E-state index in [-0.39, 0.29) is 17.9 Å². The van der Waals surface area contributed by atoms with Gasteiger partial charge in [0.05, 0.1) is 11.0 Å². The predicted octanol–water partition coefficient (Wildman–Crippen LogP) is 4.30. The van der Waals surface area contributed by atoms with Crippen molar-refractivity contribution in [1.29, 1.82) is 0 Å². The van der Waals surface area contributed by atoms with Gasteiger partial charge < -0.3 is 10.1 Å². The Morgan fingerprint density at radius 3 is 2.30 bits per heavy atom. The summed E-state index contributed by atoms with van der Waals surface area (Å²) in [6.07, 6.45) is 1.84. The van der Waals surface area contributed by atoms with E-state index in [0.717, 1.165) is 28.7 Å². The van der Waals surface area contributed by atoms with Crippen LogP contribution in [0, 0.1) is 26.7 Å². The van der Waals surface area contributed by atoms with E-state index in [1.54, 1.807) is 0 Å². The van der Waals surface area contributed by atoms with Crippen LogP contribution in [-0.4, -0.2) is 44.9 Å². The van der Waals surface area contributed by atoms with Crippen LogP contribution in [0.4, 0.5) is 0 Å². The lowest BCUT2D eigenvalue weighted by atomic mass is 9.97. The third kappa shape index (κ3) is 6.43. The number of rotatable bonds is 9. The first-order valence-electron chi connectivity index (χ1n) is 11.7. The van der Waals surface area contributed by atoms with Crippen molar-refractivity contribution in [1.82, 2.24) is 9.62 Å². The Morgan fingerprint density at radius 2 is 1.70 bits per heavy atom. The standard InChI is InChI=1S/C26H36N2O4S/c1-19-17-20(2)25(21(3)18-19)33(30,31)28-14-11-24(12-15-28)26(29)27-13-8-16-32-22(4)23-9-6-5-7-10-23/h5-7,9-10,17-18,22,24H,8,11-16H2,1-4H3,(H,27,29). The van der Waals surface area contributed by atoms with Gasteiger partial charge in [-0.1, -0.05) is 48.0 Å². The van der Waals surface area contributed by atoms with Gasteiger partial charge in [0.25, 0.3) is 0 Å². The fraction of sp³-hybridized carbons (Fsp3) is 0.500. The Labute approximate surface area is 198 Å². The lowest BCUT2D eigenvalue weighted by Gasteiger charge is -2.31. The molecule has 7 heteroatoms. The molecule has 0 aromatic heterocycles. The van der Waals surface area contributed by atoms with Gasteiger partial charge in [0.15, 0.2) is 0 Å². The minimum atomic E-state index is -3.56. The number of aryl methyl sites for hydroxylation is 3. The van der Waals surface area contributed by atoms with E-state index in [9.17, 15) is 13.2 Å². The summed E-state index contributed by atoms with van der Waals surface area (Å²) in [5, 5.41) is 2.99. The molecule has 1 N–H and O–H groups in total. The molecule has 0 aliphatic carbocycles. The van der Waals surface area contributed by atoms with E-state index in [1.165, 1.54) is 4.31 Å². The maximum Gasteiger partial charge on any atom is 0.243 e. The second kappa shape index (κ2) is 11.3. The first-order chi connectivity index (χ1) is 15.7. The molecule has 1 atom stereocenters. The van der Waals surface area contributed by atoms with E-state index < -0.39 is 10.0 Å².